The van der Waals surface area contributed by atoms with E-state index in [9.17, 15) is 29.4 Å². The molecule has 0 aromatic heterocycles. The summed E-state index contributed by atoms with van der Waals surface area (Å²) in [4.78, 5) is 59.7. The van der Waals surface area contributed by atoms with E-state index in [-0.39, 0.29) is 11.5 Å². The first-order valence-corrected chi connectivity index (χ1v) is 16.4. The van der Waals surface area contributed by atoms with Crippen LogP contribution < -0.4 is 0 Å². The first-order chi connectivity index (χ1) is 23.8. The van der Waals surface area contributed by atoms with Gasteiger partial charge in [-0.25, -0.2) is 0 Å². The molecule has 2 aliphatic rings. The fraction of sp³-hybridized carbons (Fsp3) is 0.143. The van der Waals surface area contributed by atoms with Crippen molar-refractivity contribution in [3.8, 4) is 11.5 Å². The molecule has 8 nitrogen and oxygen atoms in total. The predicted octanol–water partition coefficient (Wildman–Crippen LogP) is 8.21. The molecule has 244 valence electrons. The summed E-state index contributed by atoms with van der Waals surface area (Å²) in [7, 11) is 0. The predicted molar refractivity (Wildman–Crippen MR) is 191 cm³/mol. The van der Waals surface area contributed by atoms with E-state index < -0.39 is 34.7 Å². The quantitative estimate of drug-likeness (QED) is 0.112. The zero-order valence-corrected chi connectivity index (χ0v) is 27.7. The van der Waals surface area contributed by atoms with Gasteiger partial charge in [0.2, 0.25) is 0 Å². The van der Waals surface area contributed by atoms with Crippen LogP contribution in [0.15, 0.2) is 97.1 Å². The van der Waals surface area contributed by atoms with Crippen molar-refractivity contribution >= 4 is 66.7 Å². The summed E-state index contributed by atoms with van der Waals surface area (Å²) in [5, 5.41) is 25.7. The van der Waals surface area contributed by atoms with E-state index in [0.29, 0.717) is 44.2 Å². The van der Waals surface area contributed by atoms with Crippen molar-refractivity contribution in [2.24, 2.45) is 0 Å². The molecule has 0 unspecified atom stereocenters. The van der Waals surface area contributed by atoms with Crippen LogP contribution in [0.5, 0.6) is 11.5 Å². The Balaban J connectivity index is 1.25. The van der Waals surface area contributed by atoms with Crippen molar-refractivity contribution in [2.75, 3.05) is 0 Å². The summed E-state index contributed by atoms with van der Waals surface area (Å²) in [5.74, 6) is -1.45. The lowest BCUT2D eigenvalue weighted by atomic mass is 9.80. The highest BCUT2D eigenvalue weighted by molar-refractivity contribution is 6.41. The molecule has 7 aromatic rings. The number of phenolic OH excluding ortho intramolecular Hbond substituents is 2. The molecule has 0 saturated carbocycles. The van der Waals surface area contributed by atoms with Crippen LogP contribution in [-0.2, 0) is 11.1 Å². The summed E-state index contributed by atoms with van der Waals surface area (Å²) in [6, 6.07) is 27.6. The first kappa shape index (κ1) is 29.8. The van der Waals surface area contributed by atoms with Crippen molar-refractivity contribution in [2.45, 2.75) is 38.8 Å². The Labute approximate surface area is 286 Å². The van der Waals surface area contributed by atoms with Crippen LogP contribution in [0.25, 0.3) is 43.1 Å². The highest BCUT2D eigenvalue weighted by Crippen LogP contribution is 2.48. The Morgan fingerprint density at radius 3 is 0.900 bits per heavy atom. The molecule has 0 aliphatic carbocycles. The van der Waals surface area contributed by atoms with Crippen molar-refractivity contribution in [3.05, 3.63) is 130 Å². The number of imide groups is 2. The fourth-order valence-corrected chi connectivity index (χ4v) is 8.28. The van der Waals surface area contributed by atoms with Crippen LogP contribution in [0, 0.1) is 0 Å². The van der Waals surface area contributed by atoms with E-state index in [1.165, 1.54) is 9.80 Å². The van der Waals surface area contributed by atoms with Gasteiger partial charge in [0, 0.05) is 33.0 Å². The number of hydrogen-bond acceptors (Lipinski definition) is 6. The van der Waals surface area contributed by atoms with Crippen molar-refractivity contribution in [1.29, 1.82) is 0 Å². The molecule has 7 aromatic carbocycles. The summed E-state index contributed by atoms with van der Waals surface area (Å²) in [6.45, 7) is 7.26. The molecule has 9 rings (SSSR count). The van der Waals surface area contributed by atoms with Crippen LogP contribution in [0.1, 0.15) is 80.3 Å². The lowest BCUT2D eigenvalue weighted by Gasteiger charge is -2.40. The monoisotopic (exact) mass is 658 g/mol. The maximum Gasteiger partial charge on any atom is 0.262 e. The molecule has 0 spiro atoms. The van der Waals surface area contributed by atoms with Gasteiger partial charge in [-0.05, 0) is 120 Å². The number of fused-ring (bicyclic) bond motifs is 2. The number of aromatic hydroxyl groups is 2. The van der Waals surface area contributed by atoms with Crippen LogP contribution in [0.3, 0.4) is 0 Å². The van der Waals surface area contributed by atoms with Gasteiger partial charge in [-0.2, -0.15) is 0 Å². The lowest BCUT2D eigenvalue weighted by Crippen LogP contribution is -2.51. The highest BCUT2D eigenvalue weighted by Gasteiger charge is 2.45. The van der Waals surface area contributed by atoms with E-state index in [1.54, 1.807) is 72.8 Å². The second kappa shape index (κ2) is 9.66. The second-order valence-electron chi connectivity index (χ2n) is 14.2. The lowest BCUT2D eigenvalue weighted by molar-refractivity contribution is 0.0410. The Kier molecular flexibility index (Phi) is 5.76. The number of hydrogen-bond donors (Lipinski definition) is 2. The average molecular weight is 659 g/mol. The topological polar surface area (TPSA) is 115 Å². The van der Waals surface area contributed by atoms with Gasteiger partial charge in [0.1, 0.15) is 11.5 Å². The second-order valence-corrected chi connectivity index (χ2v) is 14.2. The van der Waals surface area contributed by atoms with Gasteiger partial charge in [-0.1, -0.05) is 48.5 Å². The molecule has 2 N–H and O–H groups in total. The maximum absolute atomic E-state index is 14.3. The average Bonchev–Trinajstić information content (AvgIpc) is 3.09. The minimum atomic E-state index is -1.01. The normalized spacial score (nSPS) is 15.0. The smallest absolute Gasteiger partial charge is 0.262 e. The molecular weight excluding hydrogens is 628 g/mol. The molecule has 8 heteroatoms. The SMILES string of the molecule is CC(C)(c1ccc(O)cc1)N1C(=O)c2ccc3c4ccc5c6c(ccc(c7ccc(c2c37)C1=O)c64)C(=O)N(C(C)(C)c1ccc(O)cc1)C5=O. The van der Waals surface area contributed by atoms with Crippen LogP contribution >= 0.6 is 0 Å². The number of nitrogens with zero attached hydrogens (tertiary/aromatic N) is 2. The number of carbonyl (C=O) groups is 4. The van der Waals surface area contributed by atoms with E-state index >= 15 is 0 Å². The Bertz CT molecular complexity index is 2380. The molecule has 2 heterocycles. The third-order valence-electron chi connectivity index (χ3n) is 10.9. The molecule has 4 amide bonds. The van der Waals surface area contributed by atoms with Crippen molar-refractivity contribution < 1.29 is 29.4 Å². The van der Waals surface area contributed by atoms with E-state index in [2.05, 4.69) is 0 Å². The number of phenols is 2. The molecule has 0 saturated heterocycles. The summed E-state index contributed by atoms with van der Waals surface area (Å²) in [6.07, 6.45) is 0. The van der Waals surface area contributed by atoms with Gasteiger partial charge in [0.15, 0.2) is 0 Å². The summed E-state index contributed by atoms with van der Waals surface area (Å²) < 4.78 is 0. The van der Waals surface area contributed by atoms with Crippen molar-refractivity contribution in [1.82, 2.24) is 9.80 Å². The van der Waals surface area contributed by atoms with Crippen molar-refractivity contribution in [3.63, 3.8) is 0 Å². The van der Waals surface area contributed by atoms with Gasteiger partial charge in [0.25, 0.3) is 23.6 Å². The number of rotatable bonds is 4. The largest absolute Gasteiger partial charge is 0.508 e. The zero-order valence-electron chi connectivity index (χ0n) is 27.7. The maximum atomic E-state index is 14.3. The number of benzene rings is 7. The third kappa shape index (κ3) is 3.65. The van der Waals surface area contributed by atoms with Gasteiger partial charge in [-0.3, -0.25) is 29.0 Å². The first-order valence-electron chi connectivity index (χ1n) is 16.4. The van der Waals surface area contributed by atoms with Gasteiger partial charge < -0.3 is 10.2 Å². The van der Waals surface area contributed by atoms with Crippen LogP contribution in [0.4, 0.5) is 0 Å². The van der Waals surface area contributed by atoms with Gasteiger partial charge >= 0.3 is 0 Å². The number of carbonyl (C=O) groups excluding carboxylic acids is 4. The van der Waals surface area contributed by atoms with E-state index in [4.69, 9.17) is 0 Å². The van der Waals surface area contributed by atoms with E-state index in [1.807, 2.05) is 52.0 Å². The zero-order chi connectivity index (χ0) is 35.0. The highest BCUT2D eigenvalue weighted by atomic mass is 16.3. The molecular formula is C42H30N2O6. The summed E-state index contributed by atoms with van der Waals surface area (Å²) in [5.41, 5.74) is 1.04. The standard InChI is InChI=1S/C42H30N2O6/c1-41(2,21-5-9-23(45)10-6-21)43-37(47)29-17-13-25-27-15-19-31-36-32(40(50)44(39(31)49)42(3,4)22-7-11-24(46)12-8-22)20-16-28(34(27)36)26-14-18-30(38(43)48)35(29)33(25)26/h5-20,45-46H,1-4H3. The minimum Gasteiger partial charge on any atom is -0.508 e. The third-order valence-corrected chi connectivity index (χ3v) is 10.9. The molecule has 0 atom stereocenters. The fourth-order valence-electron chi connectivity index (χ4n) is 8.28. The van der Waals surface area contributed by atoms with Crippen LogP contribution in [-0.4, -0.2) is 43.6 Å². The molecule has 0 bridgehead atoms. The van der Waals surface area contributed by atoms with Crippen LogP contribution in [0.2, 0.25) is 0 Å². The minimum absolute atomic E-state index is 0.0926. The van der Waals surface area contributed by atoms with Gasteiger partial charge in [-0.15, -0.1) is 0 Å². The Hall–Kier alpha value is -6.28. The van der Waals surface area contributed by atoms with E-state index in [0.717, 1.165) is 32.3 Å². The van der Waals surface area contributed by atoms with Gasteiger partial charge in [0.05, 0.1) is 11.1 Å². The number of amides is 4. The molecule has 0 fully saturated rings. The molecule has 2 aliphatic heterocycles. The Morgan fingerprint density at radius 1 is 0.380 bits per heavy atom. The molecule has 50 heavy (non-hydrogen) atoms. The summed E-state index contributed by atoms with van der Waals surface area (Å²) >= 11 is 0. The Morgan fingerprint density at radius 2 is 0.640 bits per heavy atom. The molecule has 0 radical (unpaired) electrons.